The largest absolute Gasteiger partial charge is 0.396 e. The van der Waals surface area contributed by atoms with Crippen LogP contribution in [-0.4, -0.2) is 29.1 Å². The van der Waals surface area contributed by atoms with Gasteiger partial charge in [0.05, 0.1) is 16.6 Å². The molecule has 0 aliphatic carbocycles. The van der Waals surface area contributed by atoms with Crippen molar-refractivity contribution in [2.24, 2.45) is 0 Å². The molecule has 0 saturated heterocycles. The Morgan fingerprint density at radius 3 is 2.63 bits per heavy atom. The first-order chi connectivity index (χ1) is 8.97. The van der Waals surface area contributed by atoms with Gasteiger partial charge in [0.2, 0.25) is 5.82 Å². The van der Waals surface area contributed by atoms with Crippen LogP contribution in [0.4, 0.5) is 14.5 Å². The fourth-order valence-electron chi connectivity index (χ4n) is 1.41. The van der Waals surface area contributed by atoms with E-state index in [1.807, 2.05) is 0 Å². The molecule has 0 aromatic heterocycles. The molecule has 1 aromatic rings. The van der Waals surface area contributed by atoms with Gasteiger partial charge >= 0.3 is 5.69 Å². The fourth-order valence-corrected chi connectivity index (χ4v) is 1.41. The molecule has 1 aromatic carbocycles. The molecule has 2 N–H and O–H groups in total. The molecule has 19 heavy (non-hydrogen) atoms. The van der Waals surface area contributed by atoms with Crippen molar-refractivity contribution in [1.29, 1.82) is 0 Å². The minimum absolute atomic E-state index is 0.0460. The second-order valence-electron chi connectivity index (χ2n) is 3.73. The summed E-state index contributed by atoms with van der Waals surface area (Å²) in [6.07, 6.45) is 0.910. The van der Waals surface area contributed by atoms with E-state index in [1.165, 1.54) is 0 Å². The van der Waals surface area contributed by atoms with Gasteiger partial charge in [-0.25, -0.2) is 4.39 Å². The van der Waals surface area contributed by atoms with Gasteiger partial charge in [-0.3, -0.25) is 14.9 Å². The molecular weight excluding hydrogens is 262 g/mol. The van der Waals surface area contributed by atoms with Crippen LogP contribution in [0.1, 0.15) is 23.2 Å². The van der Waals surface area contributed by atoms with Crippen LogP contribution >= 0.6 is 0 Å². The van der Waals surface area contributed by atoms with E-state index < -0.39 is 33.7 Å². The number of aliphatic hydroxyl groups excluding tert-OH is 1. The maximum Gasteiger partial charge on any atom is 0.308 e. The summed E-state index contributed by atoms with van der Waals surface area (Å²) >= 11 is 0. The number of nitrogens with one attached hydrogen (secondary N) is 1. The molecule has 0 atom stereocenters. The van der Waals surface area contributed by atoms with Gasteiger partial charge in [0.15, 0.2) is 0 Å². The lowest BCUT2D eigenvalue weighted by Gasteiger charge is -2.06. The van der Waals surface area contributed by atoms with Gasteiger partial charge in [-0.05, 0) is 18.9 Å². The molecule has 8 heteroatoms. The third-order valence-corrected chi connectivity index (χ3v) is 2.33. The van der Waals surface area contributed by atoms with Crippen LogP contribution in [0.25, 0.3) is 0 Å². The highest BCUT2D eigenvalue weighted by molar-refractivity contribution is 5.95. The molecule has 0 aliphatic rings. The molecule has 0 aliphatic heterocycles. The Morgan fingerprint density at radius 1 is 1.37 bits per heavy atom. The molecule has 6 nitrogen and oxygen atoms in total. The molecule has 0 spiro atoms. The number of aliphatic hydroxyl groups is 1. The standard InChI is InChI=1S/C11H12F2N2O4/c12-7-5-8(10(13)9(6-7)15(18)19)11(17)14-3-1-2-4-16/h5-6,16H,1-4H2,(H,14,17). The molecule has 0 heterocycles. The maximum absolute atomic E-state index is 13.6. The van der Waals surface area contributed by atoms with Gasteiger partial charge in [-0.15, -0.1) is 0 Å². The van der Waals surface area contributed by atoms with Crippen molar-refractivity contribution in [3.8, 4) is 0 Å². The first kappa shape index (κ1) is 15.0. The minimum Gasteiger partial charge on any atom is -0.396 e. The summed E-state index contributed by atoms with van der Waals surface area (Å²) in [6, 6.07) is 1.02. The fraction of sp³-hybridized carbons (Fsp3) is 0.364. The average molecular weight is 274 g/mol. The Bertz CT molecular complexity index is 494. The SMILES string of the molecule is O=C(NCCCCO)c1cc(F)cc([N+](=O)[O-])c1F. The summed E-state index contributed by atoms with van der Waals surface area (Å²) in [5.74, 6) is -3.36. The lowest BCUT2D eigenvalue weighted by atomic mass is 10.1. The quantitative estimate of drug-likeness (QED) is 0.465. The zero-order valence-electron chi connectivity index (χ0n) is 9.86. The van der Waals surface area contributed by atoms with E-state index in [9.17, 15) is 23.7 Å². The monoisotopic (exact) mass is 274 g/mol. The van der Waals surface area contributed by atoms with Crippen molar-refractivity contribution in [2.45, 2.75) is 12.8 Å². The predicted molar refractivity (Wildman–Crippen MR) is 61.7 cm³/mol. The number of carbonyl (C=O) groups is 1. The third-order valence-electron chi connectivity index (χ3n) is 2.33. The van der Waals surface area contributed by atoms with Crippen molar-refractivity contribution in [3.63, 3.8) is 0 Å². The van der Waals surface area contributed by atoms with E-state index >= 15 is 0 Å². The summed E-state index contributed by atoms with van der Waals surface area (Å²) in [7, 11) is 0. The first-order valence-corrected chi connectivity index (χ1v) is 5.50. The Labute approximate surface area is 107 Å². The molecular formula is C11H12F2N2O4. The van der Waals surface area contributed by atoms with E-state index in [0.717, 1.165) is 0 Å². The zero-order valence-corrected chi connectivity index (χ0v) is 9.86. The number of nitro groups is 1. The molecule has 0 fully saturated rings. The Hall–Kier alpha value is -2.09. The number of amides is 1. The van der Waals surface area contributed by atoms with E-state index in [2.05, 4.69) is 5.32 Å². The lowest BCUT2D eigenvalue weighted by molar-refractivity contribution is -0.387. The first-order valence-electron chi connectivity index (χ1n) is 5.50. The van der Waals surface area contributed by atoms with E-state index in [4.69, 9.17) is 5.11 Å². The second-order valence-corrected chi connectivity index (χ2v) is 3.73. The van der Waals surface area contributed by atoms with Crippen molar-refractivity contribution < 1.29 is 23.6 Å². The number of hydrogen-bond donors (Lipinski definition) is 2. The highest BCUT2D eigenvalue weighted by Gasteiger charge is 2.23. The molecule has 0 saturated carbocycles. The topological polar surface area (TPSA) is 92.5 Å². The Morgan fingerprint density at radius 2 is 2.05 bits per heavy atom. The molecule has 1 rings (SSSR count). The van der Waals surface area contributed by atoms with Gasteiger partial charge in [-0.1, -0.05) is 0 Å². The number of unbranched alkanes of at least 4 members (excludes halogenated alkanes) is 1. The van der Waals surface area contributed by atoms with E-state index in [0.29, 0.717) is 25.0 Å². The van der Waals surface area contributed by atoms with Crippen LogP contribution in [0.15, 0.2) is 12.1 Å². The summed E-state index contributed by atoms with van der Waals surface area (Å²) in [5.41, 5.74) is -1.80. The van der Waals surface area contributed by atoms with Crippen molar-refractivity contribution in [1.82, 2.24) is 5.32 Å². The van der Waals surface area contributed by atoms with Crippen LogP contribution in [0.2, 0.25) is 0 Å². The number of rotatable bonds is 6. The minimum atomic E-state index is -1.37. The van der Waals surface area contributed by atoms with Crippen LogP contribution in [0.3, 0.4) is 0 Å². The van der Waals surface area contributed by atoms with Crippen molar-refractivity contribution in [2.75, 3.05) is 13.2 Å². The molecule has 0 bridgehead atoms. The number of carbonyl (C=O) groups excluding carboxylic acids is 1. The molecule has 104 valence electrons. The van der Waals surface area contributed by atoms with Gasteiger partial charge < -0.3 is 10.4 Å². The normalized spacial score (nSPS) is 10.3. The van der Waals surface area contributed by atoms with Crippen LogP contribution in [-0.2, 0) is 0 Å². The van der Waals surface area contributed by atoms with Gasteiger partial charge in [0, 0.05) is 13.2 Å². The highest BCUT2D eigenvalue weighted by atomic mass is 19.1. The van der Waals surface area contributed by atoms with Crippen molar-refractivity contribution >= 4 is 11.6 Å². The number of halogens is 2. The summed E-state index contributed by atoms with van der Waals surface area (Å²) < 4.78 is 26.7. The Balaban J connectivity index is 2.88. The summed E-state index contributed by atoms with van der Waals surface area (Å²) in [4.78, 5) is 20.9. The lowest BCUT2D eigenvalue weighted by Crippen LogP contribution is -2.26. The van der Waals surface area contributed by atoms with E-state index in [1.54, 1.807) is 0 Å². The van der Waals surface area contributed by atoms with Crippen LogP contribution in [0.5, 0.6) is 0 Å². The third kappa shape index (κ3) is 3.95. The zero-order chi connectivity index (χ0) is 14.4. The van der Waals surface area contributed by atoms with Crippen LogP contribution < -0.4 is 5.32 Å². The highest BCUT2D eigenvalue weighted by Crippen LogP contribution is 2.22. The van der Waals surface area contributed by atoms with Gasteiger partial charge in [-0.2, -0.15) is 4.39 Å². The maximum atomic E-state index is 13.6. The smallest absolute Gasteiger partial charge is 0.308 e. The van der Waals surface area contributed by atoms with E-state index in [-0.39, 0.29) is 13.2 Å². The number of nitro benzene ring substituents is 1. The second kappa shape index (κ2) is 6.74. The number of benzene rings is 1. The van der Waals surface area contributed by atoms with Gasteiger partial charge in [0.1, 0.15) is 5.82 Å². The molecule has 1 amide bonds. The average Bonchev–Trinajstić information content (AvgIpc) is 2.36. The summed E-state index contributed by atoms with van der Waals surface area (Å²) in [5, 5.41) is 21.3. The molecule has 0 radical (unpaired) electrons. The number of nitrogens with zero attached hydrogens (tertiary/aromatic N) is 1. The Kier molecular flexibility index (Phi) is 5.31. The molecule has 0 unspecified atom stereocenters. The number of hydrogen-bond acceptors (Lipinski definition) is 4. The van der Waals surface area contributed by atoms with Crippen LogP contribution in [0, 0.1) is 21.7 Å². The van der Waals surface area contributed by atoms with Crippen molar-refractivity contribution in [3.05, 3.63) is 39.4 Å². The summed E-state index contributed by atoms with van der Waals surface area (Å²) in [6.45, 7) is 0.110. The predicted octanol–water partition coefficient (Wildman–Crippen LogP) is 1.38. The van der Waals surface area contributed by atoms with Gasteiger partial charge in [0.25, 0.3) is 5.91 Å².